The number of alkyl halides is 6. The molecule has 5 nitrogen and oxygen atoms in total. The van der Waals surface area contributed by atoms with E-state index in [1.165, 1.54) is 82.0 Å². The number of nitrogens with zero attached hydrogens (tertiary/aromatic N) is 1. The minimum absolute atomic E-state index is 1.34. The molecule has 0 fully saturated rings. The summed E-state index contributed by atoms with van der Waals surface area (Å²) in [5.74, 6) is 0. The Morgan fingerprint density at radius 3 is 1.25 bits per heavy atom. The van der Waals surface area contributed by atoms with Crippen molar-refractivity contribution in [3.8, 4) is 0 Å². The number of quaternary nitrogens is 1. The molecule has 0 bridgehead atoms. The minimum atomic E-state index is -6.43. The average Bonchev–Trinajstić information content (AvgIpc) is 2.62. The monoisotopic (exact) mass is 540 g/mol. The summed E-state index contributed by atoms with van der Waals surface area (Å²) in [6.45, 7) is 15.0. The Kier molecular flexibility index (Phi) is 15.8. The third-order valence-corrected chi connectivity index (χ3v) is 11.5. The highest BCUT2D eigenvalue weighted by atomic mass is 33.5. The number of halogens is 6. The molecule has 196 valence electrons. The first-order valence-corrected chi connectivity index (χ1v) is 15.5. The second kappa shape index (κ2) is 14.9. The van der Waals surface area contributed by atoms with Crippen molar-refractivity contribution < 1.29 is 47.7 Å². The summed E-state index contributed by atoms with van der Waals surface area (Å²) < 4.78 is 111. The van der Waals surface area contributed by atoms with Gasteiger partial charge in [-0.3, -0.25) is 0 Å². The predicted octanol–water partition coefficient (Wildman–Crippen LogP) is 6.42. The number of hydrogen-bond acceptors (Lipinski definition) is 5. The zero-order valence-electron chi connectivity index (χ0n) is 19.1. The molecule has 0 atom stereocenters. The van der Waals surface area contributed by atoms with Crippen molar-refractivity contribution >= 4 is 27.6 Å². The number of hydrogen-bond donors (Lipinski definition) is 0. The van der Waals surface area contributed by atoms with Crippen LogP contribution in [0, 0.1) is 0 Å². The van der Waals surface area contributed by atoms with Crippen LogP contribution in [0.2, 0.25) is 0 Å². The first-order chi connectivity index (χ1) is 14.4. The van der Waals surface area contributed by atoms with Crippen molar-refractivity contribution in [2.24, 2.45) is 0 Å². The Hall–Kier alpha value is -0.210. The van der Waals surface area contributed by atoms with Crippen molar-refractivity contribution in [1.82, 2.24) is 0 Å². The van der Waals surface area contributed by atoms with E-state index in [0.29, 0.717) is 0 Å². The summed E-state index contributed by atoms with van der Waals surface area (Å²) in [6.07, 6.45) is 11.1. The van der Waals surface area contributed by atoms with E-state index >= 15 is 0 Å². The van der Waals surface area contributed by atoms with Crippen LogP contribution in [0.5, 0.6) is 0 Å². The van der Waals surface area contributed by atoms with Crippen LogP contribution in [0.25, 0.3) is 0 Å². The van der Waals surface area contributed by atoms with Crippen LogP contribution in [0.1, 0.15) is 79.1 Å². The van der Waals surface area contributed by atoms with E-state index in [1.807, 2.05) is 0 Å². The van der Waals surface area contributed by atoms with Crippen LogP contribution in [0.4, 0.5) is 26.3 Å². The molecule has 0 heterocycles. The molecule has 0 aliphatic heterocycles. The van der Waals surface area contributed by atoms with Gasteiger partial charge in [-0.1, -0.05) is 47.0 Å². The van der Waals surface area contributed by atoms with Crippen molar-refractivity contribution in [2.75, 3.05) is 26.2 Å². The maximum absolute atomic E-state index is 11.5. The molecule has 0 saturated carbocycles. The van der Waals surface area contributed by atoms with Crippen molar-refractivity contribution in [3.63, 3.8) is 0 Å². The molecule has 0 saturated heterocycles. The molecular weight excluding hydrogens is 504 g/mol. The lowest BCUT2D eigenvalue weighted by molar-refractivity contribution is -0.928. The zero-order chi connectivity index (χ0) is 25.7. The molecule has 32 heavy (non-hydrogen) atoms. The van der Waals surface area contributed by atoms with Crippen LogP contribution >= 0.6 is 9.83 Å². The van der Waals surface area contributed by atoms with Crippen LogP contribution in [0.15, 0.2) is 0 Å². The summed E-state index contributed by atoms with van der Waals surface area (Å²) in [5, 5.41) is 0. The van der Waals surface area contributed by atoms with Crippen LogP contribution in [-0.2, 0) is 17.7 Å². The third kappa shape index (κ3) is 12.9. The number of unbranched alkanes of at least 4 members (excludes halogenated alkanes) is 4. The third-order valence-electron chi connectivity index (χ3n) is 4.61. The molecular formula is C18H36F6NO4S3+. The first-order valence-electron chi connectivity index (χ1n) is 10.6. The largest absolute Gasteiger partial charge is 0.508 e. The van der Waals surface area contributed by atoms with Crippen molar-refractivity contribution in [1.29, 1.82) is 0 Å². The zero-order valence-corrected chi connectivity index (χ0v) is 21.5. The lowest BCUT2D eigenvalue weighted by atomic mass is 10.1. The summed E-state index contributed by atoms with van der Waals surface area (Å²) in [5.41, 5.74) is -12.1. The van der Waals surface area contributed by atoms with Gasteiger partial charge in [-0.2, -0.15) is 26.3 Å². The second-order valence-corrected chi connectivity index (χ2v) is 14.7. The second-order valence-electron chi connectivity index (χ2n) is 7.52. The number of rotatable bonds is 14. The smallest absolute Gasteiger partial charge is 0.324 e. The molecule has 0 aromatic rings. The van der Waals surface area contributed by atoms with Gasteiger partial charge in [-0.05, 0) is 32.1 Å². The Balaban J connectivity index is 0. The maximum atomic E-state index is 11.5. The van der Waals surface area contributed by atoms with Crippen LogP contribution < -0.4 is 0 Å². The molecule has 0 aliphatic rings. The first kappa shape index (κ1) is 34.0. The van der Waals surface area contributed by atoms with Crippen LogP contribution in [-0.4, -0.2) is 58.5 Å². The standard InChI is InChI=1S/C16H36N.C2F6O4S3/c1-5-9-11-12-16-17(13-7-3,14-8-4)15-10-6-2;3-1(4,5)14(9,10)13-15(11,12)2(6,7)8/h5-16H2,1-4H3;/q+1;. The van der Waals surface area contributed by atoms with Gasteiger partial charge in [0, 0.05) is 0 Å². The van der Waals surface area contributed by atoms with Gasteiger partial charge in [0.15, 0.2) is 0 Å². The molecule has 0 radical (unpaired) electrons. The van der Waals surface area contributed by atoms with Gasteiger partial charge in [-0.25, -0.2) is 16.8 Å². The lowest BCUT2D eigenvalue weighted by Crippen LogP contribution is -2.50. The molecule has 14 heteroatoms. The molecule has 0 aromatic heterocycles. The van der Waals surface area contributed by atoms with Gasteiger partial charge >= 0.3 is 28.8 Å². The molecule has 0 rings (SSSR count). The molecule has 0 amide bonds. The van der Waals surface area contributed by atoms with E-state index in [4.69, 9.17) is 0 Å². The van der Waals surface area contributed by atoms with Gasteiger partial charge in [0.1, 0.15) is 9.83 Å². The summed E-state index contributed by atoms with van der Waals surface area (Å²) in [6, 6.07) is 0. The summed E-state index contributed by atoms with van der Waals surface area (Å²) in [4.78, 5) is 0. The molecule has 0 spiro atoms. The Morgan fingerprint density at radius 1 is 0.562 bits per heavy atom. The Labute approximate surface area is 191 Å². The average molecular weight is 541 g/mol. The molecule has 0 aliphatic carbocycles. The van der Waals surface area contributed by atoms with Gasteiger partial charge in [0.25, 0.3) is 0 Å². The van der Waals surface area contributed by atoms with Gasteiger partial charge in [0.05, 0.1) is 26.2 Å². The van der Waals surface area contributed by atoms with E-state index in [1.54, 1.807) is 0 Å². The fourth-order valence-electron chi connectivity index (χ4n) is 3.18. The quantitative estimate of drug-likeness (QED) is 0.110. The van der Waals surface area contributed by atoms with Gasteiger partial charge < -0.3 is 4.48 Å². The summed E-state index contributed by atoms with van der Waals surface area (Å²) in [7, 11) is -15.0. The molecule has 0 N–H and O–H groups in total. The Bertz CT molecular complexity index is 659. The Morgan fingerprint density at radius 2 is 0.938 bits per heavy atom. The normalized spacial score (nSPS) is 13.6. The summed E-state index contributed by atoms with van der Waals surface area (Å²) >= 11 is 0. The van der Waals surface area contributed by atoms with E-state index < -0.39 is 38.6 Å². The van der Waals surface area contributed by atoms with Gasteiger partial charge in [0.2, 0.25) is 0 Å². The lowest BCUT2D eigenvalue weighted by Gasteiger charge is -2.39. The van der Waals surface area contributed by atoms with Crippen molar-refractivity contribution in [3.05, 3.63) is 0 Å². The maximum Gasteiger partial charge on any atom is 0.508 e. The van der Waals surface area contributed by atoms with E-state index in [9.17, 15) is 43.2 Å². The molecule has 0 aromatic carbocycles. The fraction of sp³-hybridized carbons (Fsp3) is 1.00. The SMILES string of the molecule is CCCCCC[N+](CCC)(CCC)CCCC.O=S(=O)(SS(=O)(=O)C(F)(F)F)C(F)(F)F. The van der Waals surface area contributed by atoms with E-state index in [-0.39, 0.29) is 0 Å². The minimum Gasteiger partial charge on any atom is -0.324 e. The fourth-order valence-corrected chi connectivity index (χ4v) is 8.25. The topological polar surface area (TPSA) is 68.3 Å². The predicted molar refractivity (Wildman–Crippen MR) is 117 cm³/mol. The van der Waals surface area contributed by atoms with E-state index in [2.05, 4.69) is 27.7 Å². The highest BCUT2D eigenvalue weighted by Crippen LogP contribution is 2.42. The van der Waals surface area contributed by atoms with Gasteiger partial charge in [-0.15, -0.1) is 0 Å². The van der Waals surface area contributed by atoms with Crippen LogP contribution in [0.3, 0.4) is 0 Å². The van der Waals surface area contributed by atoms with E-state index in [0.717, 1.165) is 0 Å². The molecule has 0 unspecified atom stereocenters. The highest BCUT2D eigenvalue weighted by Gasteiger charge is 2.57. The highest BCUT2D eigenvalue weighted by molar-refractivity contribution is 9.04. The van der Waals surface area contributed by atoms with Crippen molar-refractivity contribution in [2.45, 2.75) is 90.1 Å².